The molecule has 0 radical (unpaired) electrons. The molecule has 1 fully saturated rings. The topological polar surface area (TPSA) is 75.9 Å². The molecule has 118 valence electrons. The van der Waals surface area contributed by atoms with Gasteiger partial charge in [-0.3, -0.25) is 0 Å². The summed E-state index contributed by atoms with van der Waals surface area (Å²) in [6.07, 6.45) is 0. The minimum absolute atomic E-state index is 0.154. The molecule has 2 N–H and O–H groups in total. The van der Waals surface area contributed by atoms with Crippen LogP contribution < -0.4 is 15.4 Å². The highest BCUT2D eigenvalue weighted by Gasteiger charge is 2.30. The number of ether oxygens (including phenoxy) is 1. The van der Waals surface area contributed by atoms with E-state index in [0.717, 1.165) is 11.4 Å². The summed E-state index contributed by atoms with van der Waals surface area (Å²) in [6, 6.07) is 7.81. The monoisotopic (exact) mass is 313 g/mol. The van der Waals surface area contributed by atoms with Gasteiger partial charge in [0.1, 0.15) is 5.75 Å². The largest absolute Gasteiger partial charge is 0.497 e. The van der Waals surface area contributed by atoms with Crippen molar-refractivity contribution in [1.82, 2.24) is 4.31 Å². The van der Waals surface area contributed by atoms with E-state index in [-0.39, 0.29) is 6.54 Å². The quantitative estimate of drug-likeness (QED) is 0.856. The molecule has 1 aromatic rings. The van der Waals surface area contributed by atoms with Crippen LogP contribution in [0.4, 0.5) is 5.69 Å². The highest BCUT2D eigenvalue weighted by atomic mass is 32.2. The molecule has 0 spiro atoms. The molecular weight excluding hydrogens is 290 g/mol. The van der Waals surface area contributed by atoms with Crippen molar-refractivity contribution in [2.45, 2.75) is 12.2 Å². The number of benzene rings is 1. The molecule has 1 atom stereocenters. The van der Waals surface area contributed by atoms with Gasteiger partial charge in [0.25, 0.3) is 0 Å². The van der Waals surface area contributed by atoms with Crippen molar-refractivity contribution in [3.05, 3.63) is 24.3 Å². The fourth-order valence-electron chi connectivity index (χ4n) is 2.37. The van der Waals surface area contributed by atoms with Gasteiger partial charge in [0.05, 0.1) is 12.4 Å². The molecular formula is C14H23N3O3S. The van der Waals surface area contributed by atoms with E-state index in [1.54, 1.807) is 18.3 Å². The van der Waals surface area contributed by atoms with Crippen LogP contribution in [0.3, 0.4) is 0 Å². The van der Waals surface area contributed by atoms with Crippen LogP contribution >= 0.6 is 0 Å². The summed E-state index contributed by atoms with van der Waals surface area (Å²) >= 11 is 0. The standard InChI is InChI=1S/C14H23N3O3S/c1-12(11-15)21(18,19)17-9-7-16(8-10-17)13-3-5-14(20-2)6-4-13/h3-6,12H,7-11,15H2,1-2H3. The lowest BCUT2D eigenvalue weighted by Crippen LogP contribution is -2.51. The van der Waals surface area contributed by atoms with E-state index in [1.807, 2.05) is 24.3 Å². The Morgan fingerprint density at radius 2 is 1.76 bits per heavy atom. The number of anilines is 1. The Kier molecular flexibility index (Phi) is 5.08. The van der Waals surface area contributed by atoms with Gasteiger partial charge in [0.2, 0.25) is 10.0 Å². The summed E-state index contributed by atoms with van der Waals surface area (Å²) in [6.45, 7) is 4.18. The van der Waals surface area contributed by atoms with Crippen LogP contribution in [0, 0.1) is 0 Å². The Morgan fingerprint density at radius 1 is 1.19 bits per heavy atom. The van der Waals surface area contributed by atoms with Gasteiger partial charge in [-0.1, -0.05) is 0 Å². The van der Waals surface area contributed by atoms with Crippen molar-refractivity contribution < 1.29 is 13.2 Å². The normalized spacial score (nSPS) is 18.5. The minimum Gasteiger partial charge on any atom is -0.497 e. The Labute approximate surface area is 126 Å². The van der Waals surface area contributed by atoms with Gasteiger partial charge in [-0.15, -0.1) is 0 Å². The lowest BCUT2D eigenvalue weighted by molar-refractivity contribution is 0.380. The van der Waals surface area contributed by atoms with Crippen molar-refractivity contribution in [2.24, 2.45) is 5.73 Å². The highest BCUT2D eigenvalue weighted by molar-refractivity contribution is 7.89. The van der Waals surface area contributed by atoms with Crippen LogP contribution in [0.25, 0.3) is 0 Å². The number of piperazine rings is 1. The van der Waals surface area contributed by atoms with Crippen LogP contribution in [-0.2, 0) is 10.0 Å². The average molecular weight is 313 g/mol. The van der Waals surface area contributed by atoms with Gasteiger partial charge < -0.3 is 15.4 Å². The summed E-state index contributed by atoms with van der Waals surface area (Å²) in [5, 5.41) is -0.523. The van der Waals surface area contributed by atoms with Gasteiger partial charge >= 0.3 is 0 Å². The zero-order chi connectivity index (χ0) is 15.5. The molecule has 1 heterocycles. The number of sulfonamides is 1. The smallest absolute Gasteiger partial charge is 0.218 e. The Balaban J connectivity index is 1.99. The van der Waals surface area contributed by atoms with Gasteiger partial charge in [-0.05, 0) is 31.2 Å². The molecule has 0 aromatic heterocycles. The molecule has 21 heavy (non-hydrogen) atoms. The van der Waals surface area contributed by atoms with Gasteiger partial charge in [-0.25, -0.2) is 8.42 Å². The molecule has 0 saturated carbocycles. The second-order valence-electron chi connectivity index (χ2n) is 5.18. The van der Waals surface area contributed by atoms with Crippen molar-refractivity contribution in [2.75, 3.05) is 44.7 Å². The van der Waals surface area contributed by atoms with Crippen LogP contribution in [-0.4, -0.2) is 57.8 Å². The molecule has 1 aromatic carbocycles. The van der Waals surface area contributed by atoms with E-state index < -0.39 is 15.3 Å². The number of hydrogen-bond donors (Lipinski definition) is 1. The van der Waals surface area contributed by atoms with E-state index in [4.69, 9.17) is 10.5 Å². The zero-order valence-corrected chi connectivity index (χ0v) is 13.3. The fourth-order valence-corrected chi connectivity index (χ4v) is 3.79. The summed E-state index contributed by atoms with van der Waals surface area (Å²) in [7, 11) is -1.63. The van der Waals surface area contributed by atoms with E-state index in [2.05, 4.69) is 4.90 Å². The predicted octanol–water partition coefficient (Wildman–Crippen LogP) is 0.494. The second kappa shape index (κ2) is 6.64. The Morgan fingerprint density at radius 3 is 2.24 bits per heavy atom. The van der Waals surface area contributed by atoms with Crippen LogP contribution in [0.2, 0.25) is 0 Å². The summed E-state index contributed by atoms with van der Waals surface area (Å²) in [5.74, 6) is 0.816. The molecule has 2 rings (SSSR count). The first-order valence-electron chi connectivity index (χ1n) is 7.07. The van der Waals surface area contributed by atoms with Crippen molar-refractivity contribution >= 4 is 15.7 Å². The third kappa shape index (κ3) is 3.48. The second-order valence-corrected chi connectivity index (χ2v) is 7.53. The zero-order valence-electron chi connectivity index (χ0n) is 12.5. The number of hydrogen-bond acceptors (Lipinski definition) is 5. The molecule has 6 nitrogen and oxygen atoms in total. The minimum atomic E-state index is -3.27. The predicted molar refractivity (Wildman–Crippen MR) is 84.2 cm³/mol. The highest BCUT2D eigenvalue weighted by Crippen LogP contribution is 2.21. The molecule has 1 saturated heterocycles. The van der Waals surface area contributed by atoms with Crippen molar-refractivity contribution in [3.8, 4) is 5.75 Å². The van der Waals surface area contributed by atoms with E-state index in [0.29, 0.717) is 26.2 Å². The van der Waals surface area contributed by atoms with Gasteiger partial charge in [0.15, 0.2) is 0 Å². The number of rotatable bonds is 5. The average Bonchev–Trinajstić information content (AvgIpc) is 2.54. The number of nitrogens with zero attached hydrogens (tertiary/aromatic N) is 2. The lowest BCUT2D eigenvalue weighted by Gasteiger charge is -2.36. The van der Waals surface area contributed by atoms with Crippen LogP contribution in [0.1, 0.15) is 6.92 Å². The Hall–Kier alpha value is -1.31. The molecule has 1 aliphatic heterocycles. The van der Waals surface area contributed by atoms with Crippen molar-refractivity contribution in [1.29, 1.82) is 0 Å². The maximum absolute atomic E-state index is 12.3. The molecule has 7 heteroatoms. The number of methoxy groups -OCH3 is 1. The first kappa shape index (κ1) is 16.1. The number of nitrogens with two attached hydrogens (primary N) is 1. The van der Waals surface area contributed by atoms with Gasteiger partial charge in [0, 0.05) is 38.4 Å². The van der Waals surface area contributed by atoms with E-state index in [1.165, 1.54) is 0 Å². The first-order valence-corrected chi connectivity index (χ1v) is 8.57. The van der Waals surface area contributed by atoms with E-state index in [9.17, 15) is 8.42 Å². The van der Waals surface area contributed by atoms with Gasteiger partial charge in [-0.2, -0.15) is 4.31 Å². The lowest BCUT2D eigenvalue weighted by atomic mass is 10.2. The Bertz CT molecular complexity index is 551. The molecule has 0 aliphatic carbocycles. The van der Waals surface area contributed by atoms with Crippen LogP contribution in [0.5, 0.6) is 5.75 Å². The van der Waals surface area contributed by atoms with E-state index >= 15 is 0 Å². The first-order chi connectivity index (χ1) is 9.98. The summed E-state index contributed by atoms with van der Waals surface area (Å²) in [5.41, 5.74) is 6.57. The fraction of sp³-hybridized carbons (Fsp3) is 0.571. The molecule has 1 aliphatic rings. The molecule has 1 unspecified atom stereocenters. The maximum Gasteiger partial charge on any atom is 0.218 e. The summed E-state index contributed by atoms with van der Waals surface area (Å²) < 4.78 is 31.2. The molecule has 0 bridgehead atoms. The van der Waals surface area contributed by atoms with Crippen LogP contribution in [0.15, 0.2) is 24.3 Å². The maximum atomic E-state index is 12.3. The SMILES string of the molecule is COc1ccc(N2CCN(S(=O)(=O)C(C)CN)CC2)cc1. The molecule has 0 amide bonds. The van der Waals surface area contributed by atoms with Crippen molar-refractivity contribution in [3.63, 3.8) is 0 Å². The summed E-state index contributed by atoms with van der Waals surface area (Å²) in [4.78, 5) is 2.18. The third-order valence-electron chi connectivity index (χ3n) is 3.88. The third-order valence-corrected chi connectivity index (χ3v) is 6.17.